The van der Waals surface area contributed by atoms with Crippen molar-refractivity contribution in [3.63, 3.8) is 0 Å². The zero-order valence-corrected chi connectivity index (χ0v) is 16.8. The summed E-state index contributed by atoms with van der Waals surface area (Å²) < 4.78 is 6.48. The van der Waals surface area contributed by atoms with E-state index in [0.29, 0.717) is 26.6 Å². The minimum atomic E-state index is -0.489. The highest BCUT2D eigenvalue weighted by molar-refractivity contribution is 7.99. The fourth-order valence-corrected chi connectivity index (χ4v) is 4.01. The summed E-state index contributed by atoms with van der Waals surface area (Å²) in [5, 5.41) is 14.4. The Balaban J connectivity index is 1.66. The molecule has 0 radical (unpaired) electrons. The summed E-state index contributed by atoms with van der Waals surface area (Å²) in [5.41, 5.74) is 1.10. The Morgan fingerprint density at radius 1 is 1.30 bits per heavy atom. The van der Waals surface area contributed by atoms with Gasteiger partial charge in [-0.1, -0.05) is 35.5 Å². The van der Waals surface area contributed by atoms with Crippen molar-refractivity contribution in [3.05, 3.63) is 46.3 Å². The zero-order chi connectivity index (χ0) is 19.4. The lowest BCUT2D eigenvalue weighted by atomic mass is 10.2. The molecule has 10 heteroatoms. The van der Waals surface area contributed by atoms with Gasteiger partial charge in [0.2, 0.25) is 5.91 Å². The van der Waals surface area contributed by atoms with E-state index in [1.54, 1.807) is 22.1 Å². The Morgan fingerprint density at radius 3 is 2.81 bits per heavy atom. The van der Waals surface area contributed by atoms with Crippen LogP contribution in [0.25, 0.3) is 11.4 Å². The second kappa shape index (κ2) is 8.55. The van der Waals surface area contributed by atoms with Gasteiger partial charge in [0.25, 0.3) is 0 Å². The van der Waals surface area contributed by atoms with Gasteiger partial charge in [-0.25, -0.2) is 4.79 Å². The molecule has 2 heterocycles. The maximum absolute atomic E-state index is 12.2. The molecule has 140 valence electrons. The smallest absolute Gasteiger partial charge is 0.340 e. The molecule has 0 atom stereocenters. The fourth-order valence-electron chi connectivity index (χ4n) is 2.29. The summed E-state index contributed by atoms with van der Waals surface area (Å²) in [4.78, 5) is 23.9. The van der Waals surface area contributed by atoms with E-state index < -0.39 is 5.97 Å². The van der Waals surface area contributed by atoms with Crippen LogP contribution < -0.4 is 5.32 Å². The molecule has 3 aromatic rings. The molecular formula is C17H15ClN4O3S2. The van der Waals surface area contributed by atoms with E-state index in [4.69, 9.17) is 16.3 Å². The fraction of sp³-hybridized carbons (Fsp3) is 0.176. The molecule has 0 aliphatic rings. The topological polar surface area (TPSA) is 86.1 Å². The van der Waals surface area contributed by atoms with Crippen LogP contribution in [0.3, 0.4) is 0 Å². The molecule has 27 heavy (non-hydrogen) atoms. The number of hydrogen-bond acceptors (Lipinski definition) is 7. The molecule has 0 saturated carbocycles. The van der Waals surface area contributed by atoms with Crippen LogP contribution in [0.4, 0.5) is 5.00 Å². The highest BCUT2D eigenvalue weighted by atomic mass is 35.5. The van der Waals surface area contributed by atoms with Gasteiger partial charge in [0.1, 0.15) is 5.00 Å². The number of carbonyl (C=O) groups excluding carboxylic acids is 2. The molecular weight excluding hydrogens is 408 g/mol. The van der Waals surface area contributed by atoms with Gasteiger partial charge in [0.15, 0.2) is 11.0 Å². The summed E-state index contributed by atoms with van der Waals surface area (Å²) >= 11 is 8.71. The van der Waals surface area contributed by atoms with E-state index in [0.717, 1.165) is 5.56 Å². The number of amides is 1. The Bertz CT molecular complexity index is 986. The molecule has 2 aromatic heterocycles. The quantitative estimate of drug-likeness (QED) is 0.481. The van der Waals surface area contributed by atoms with Crippen molar-refractivity contribution < 1.29 is 14.3 Å². The number of halogens is 1. The largest absolute Gasteiger partial charge is 0.465 e. The van der Waals surface area contributed by atoms with E-state index in [2.05, 4.69) is 15.5 Å². The van der Waals surface area contributed by atoms with Gasteiger partial charge in [-0.2, -0.15) is 0 Å². The van der Waals surface area contributed by atoms with Crippen LogP contribution in [0.1, 0.15) is 10.4 Å². The Kier molecular flexibility index (Phi) is 6.15. The summed E-state index contributed by atoms with van der Waals surface area (Å²) in [6, 6.07) is 8.97. The second-order valence-corrected chi connectivity index (χ2v) is 7.60. The molecule has 1 N–H and O–H groups in total. The number of anilines is 1. The van der Waals surface area contributed by atoms with Crippen molar-refractivity contribution in [3.8, 4) is 11.4 Å². The number of thiophene rings is 1. The Labute approximate surface area is 168 Å². The van der Waals surface area contributed by atoms with E-state index in [9.17, 15) is 9.59 Å². The SMILES string of the molecule is COC(=O)c1ccsc1NC(=O)CSc1nnc(-c2ccccc2Cl)n1C. The summed E-state index contributed by atoms with van der Waals surface area (Å²) in [6.07, 6.45) is 0. The first-order valence-electron chi connectivity index (χ1n) is 7.74. The highest BCUT2D eigenvalue weighted by Crippen LogP contribution is 2.29. The monoisotopic (exact) mass is 422 g/mol. The normalized spacial score (nSPS) is 10.6. The average molecular weight is 423 g/mol. The lowest BCUT2D eigenvalue weighted by molar-refractivity contribution is -0.113. The summed E-state index contributed by atoms with van der Waals surface area (Å²) in [5.74, 6) is -0.00552. The number of hydrogen-bond donors (Lipinski definition) is 1. The predicted octanol–water partition coefficient (Wildman–Crippen LogP) is 3.71. The van der Waals surface area contributed by atoms with Crippen molar-refractivity contribution in [2.24, 2.45) is 7.05 Å². The molecule has 1 aromatic carbocycles. The third-order valence-electron chi connectivity index (χ3n) is 3.61. The third kappa shape index (κ3) is 4.32. The standard InChI is InChI=1S/C17H15ClN4O3S2/c1-22-14(10-5-3-4-6-12(10)18)20-21-17(22)27-9-13(23)19-15-11(7-8-26-15)16(24)25-2/h3-8H,9H2,1-2H3,(H,19,23). The molecule has 1 amide bonds. The van der Waals surface area contributed by atoms with Crippen molar-refractivity contribution in [1.82, 2.24) is 14.8 Å². The van der Waals surface area contributed by atoms with Gasteiger partial charge in [-0.3, -0.25) is 4.79 Å². The van der Waals surface area contributed by atoms with Crippen molar-refractivity contribution in [2.45, 2.75) is 5.16 Å². The maximum atomic E-state index is 12.2. The number of esters is 1. The van der Waals surface area contributed by atoms with E-state index in [-0.39, 0.29) is 11.7 Å². The van der Waals surface area contributed by atoms with Crippen LogP contribution in [0.15, 0.2) is 40.9 Å². The number of carbonyl (C=O) groups is 2. The molecule has 0 unspecified atom stereocenters. The van der Waals surface area contributed by atoms with Gasteiger partial charge < -0.3 is 14.6 Å². The molecule has 0 spiro atoms. The summed E-state index contributed by atoms with van der Waals surface area (Å²) in [6.45, 7) is 0. The predicted molar refractivity (Wildman–Crippen MR) is 106 cm³/mol. The van der Waals surface area contributed by atoms with Crippen LogP contribution >= 0.6 is 34.7 Å². The van der Waals surface area contributed by atoms with Crippen LogP contribution in [0.2, 0.25) is 5.02 Å². The Hall–Kier alpha value is -2.36. The van der Waals surface area contributed by atoms with Crippen LogP contribution in [0, 0.1) is 0 Å². The van der Waals surface area contributed by atoms with Gasteiger partial charge in [-0.05, 0) is 23.6 Å². The molecule has 3 rings (SSSR count). The van der Waals surface area contributed by atoms with Crippen molar-refractivity contribution in [1.29, 1.82) is 0 Å². The van der Waals surface area contributed by atoms with Gasteiger partial charge in [-0.15, -0.1) is 21.5 Å². The van der Waals surface area contributed by atoms with Crippen LogP contribution in [-0.4, -0.2) is 39.5 Å². The number of aromatic nitrogens is 3. The van der Waals surface area contributed by atoms with E-state index >= 15 is 0 Å². The highest BCUT2D eigenvalue weighted by Gasteiger charge is 2.17. The number of rotatable bonds is 6. The number of ether oxygens (including phenoxy) is 1. The minimum absolute atomic E-state index is 0.118. The number of methoxy groups -OCH3 is 1. The first kappa shape index (κ1) is 19.4. The van der Waals surface area contributed by atoms with E-state index in [1.165, 1.54) is 30.2 Å². The zero-order valence-electron chi connectivity index (χ0n) is 14.4. The van der Waals surface area contributed by atoms with Crippen molar-refractivity contribution in [2.75, 3.05) is 18.2 Å². The molecule has 0 fully saturated rings. The second-order valence-electron chi connectivity index (χ2n) is 5.34. The Morgan fingerprint density at radius 2 is 2.07 bits per heavy atom. The number of nitrogens with one attached hydrogen (secondary N) is 1. The van der Waals surface area contributed by atoms with Gasteiger partial charge >= 0.3 is 5.97 Å². The molecule has 0 bridgehead atoms. The first-order valence-corrected chi connectivity index (χ1v) is 9.98. The summed E-state index contributed by atoms with van der Waals surface area (Å²) in [7, 11) is 3.11. The first-order chi connectivity index (χ1) is 13.0. The van der Waals surface area contributed by atoms with Gasteiger partial charge in [0, 0.05) is 12.6 Å². The van der Waals surface area contributed by atoms with E-state index in [1.807, 2.05) is 25.2 Å². The molecule has 7 nitrogen and oxygen atoms in total. The number of thioether (sulfide) groups is 1. The lowest BCUT2D eigenvalue weighted by Gasteiger charge is -2.06. The third-order valence-corrected chi connectivity index (χ3v) is 5.79. The average Bonchev–Trinajstić information content (AvgIpc) is 3.26. The molecule has 0 aliphatic heterocycles. The van der Waals surface area contributed by atoms with Crippen LogP contribution in [0.5, 0.6) is 0 Å². The van der Waals surface area contributed by atoms with Crippen molar-refractivity contribution >= 4 is 51.6 Å². The maximum Gasteiger partial charge on any atom is 0.340 e. The lowest BCUT2D eigenvalue weighted by Crippen LogP contribution is -2.16. The number of benzene rings is 1. The molecule has 0 saturated heterocycles. The molecule has 0 aliphatic carbocycles. The van der Waals surface area contributed by atoms with Gasteiger partial charge in [0.05, 0.1) is 23.4 Å². The van der Waals surface area contributed by atoms with Crippen LogP contribution in [-0.2, 0) is 16.6 Å². The number of nitrogens with zero attached hydrogens (tertiary/aromatic N) is 3. The minimum Gasteiger partial charge on any atom is -0.465 e.